The number of esters is 1. The van der Waals surface area contributed by atoms with Gasteiger partial charge in [-0.05, 0) is 0 Å². The number of carbonyl (C=O) groups excluding carboxylic acids is 2. The van der Waals surface area contributed by atoms with Crippen molar-refractivity contribution in [2.45, 2.75) is 12.5 Å². The minimum atomic E-state index is -0.680. The lowest BCUT2D eigenvalue weighted by Gasteiger charge is -2.11. The van der Waals surface area contributed by atoms with E-state index in [9.17, 15) is 9.59 Å². The zero-order valence-corrected chi connectivity index (χ0v) is 7.69. The number of nitrogens with zero attached hydrogens (tertiary/aromatic N) is 1. The Morgan fingerprint density at radius 2 is 2.64 bits per heavy atom. The molecular formula is C8H11N3O3. The summed E-state index contributed by atoms with van der Waals surface area (Å²) in [6, 6.07) is -0.680. The highest BCUT2D eigenvalue weighted by Gasteiger charge is 2.19. The van der Waals surface area contributed by atoms with E-state index in [0.717, 1.165) is 0 Å². The molecule has 1 atom stereocenters. The first kappa shape index (κ1) is 10.2. The van der Waals surface area contributed by atoms with Gasteiger partial charge in [-0.15, -0.1) is 0 Å². The Morgan fingerprint density at radius 1 is 1.86 bits per heavy atom. The van der Waals surface area contributed by atoms with E-state index in [1.807, 2.05) is 0 Å². The average molecular weight is 197 g/mol. The van der Waals surface area contributed by atoms with Crippen molar-refractivity contribution in [3.63, 3.8) is 0 Å². The number of carbonyl (C=O) groups is 2. The highest BCUT2D eigenvalue weighted by molar-refractivity contribution is 5.78. The molecule has 0 aliphatic rings. The molecule has 0 bridgehead atoms. The third-order valence-corrected chi connectivity index (χ3v) is 1.72. The monoisotopic (exact) mass is 197 g/mol. The Balaban J connectivity index is 2.59. The third-order valence-electron chi connectivity index (χ3n) is 1.72. The standard InChI is InChI=1S/C8H11N3O3/c1-14-8(13)7(11-5-12)2-6-3-9-4-10-6/h3-5,7H,2H2,1H3,(H,9,10)(H,11,12). The van der Waals surface area contributed by atoms with E-state index >= 15 is 0 Å². The van der Waals surface area contributed by atoms with E-state index in [-0.39, 0.29) is 0 Å². The van der Waals surface area contributed by atoms with E-state index in [1.54, 1.807) is 6.20 Å². The third kappa shape index (κ3) is 2.58. The van der Waals surface area contributed by atoms with E-state index in [2.05, 4.69) is 20.0 Å². The van der Waals surface area contributed by atoms with Crippen LogP contribution in [-0.2, 0) is 20.7 Å². The second-order valence-electron chi connectivity index (χ2n) is 2.62. The molecule has 1 aromatic heterocycles. The quantitative estimate of drug-likeness (QED) is 0.480. The van der Waals surface area contributed by atoms with Gasteiger partial charge in [0.05, 0.1) is 19.1 Å². The molecule has 6 nitrogen and oxygen atoms in total. The van der Waals surface area contributed by atoms with Crippen LogP contribution in [0.2, 0.25) is 0 Å². The van der Waals surface area contributed by atoms with Crippen molar-refractivity contribution >= 4 is 12.4 Å². The number of methoxy groups -OCH3 is 1. The zero-order chi connectivity index (χ0) is 10.4. The molecule has 0 aliphatic carbocycles. The van der Waals surface area contributed by atoms with E-state index in [0.29, 0.717) is 18.5 Å². The number of aromatic nitrogens is 2. The topological polar surface area (TPSA) is 84.1 Å². The molecule has 76 valence electrons. The molecule has 1 amide bonds. The van der Waals surface area contributed by atoms with Gasteiger partial charge in [-0.1, -0.05) is 0 Å². The van der Waals surface area contributed by atoms with Gasteiger partial charge in [-0.25, -0.2) is 9.78 Å². The Morgan fingerprint density at radius 3 is 3.14 bits per heavy atom. The van der Waals surface area contributed by atoms with Gasteiger partial charge in [0.25, 0.3) is 0 Å². The van der Waals surface area contributed by atoms with Crippen LogP contribution < -0.4 is 5.32 Å². The van der Waals surface area contributed by atoms with Crippen LogP contribution in [0.4, 0.5) is 0 Å². The largest absolute Gasteiger partial charge is 0.467 e. The molecule has 6 heteroatoms. The molecule has 0 aromatic carbocycles. The fourth-order valence-corrected chi connectivity index (χ4v) is 1.05. The van der Waals surface area contributed by atoms with Gasteiger partial charge in [-0.3, -0.25) is 4.79 Å². The number of amides is 1. The van der Waals surface area contributed by atoms with Crippen molar-refractivity contribution in [2.75, 3.05) is 7.11 Å². The lowest BCUT2D eigenvalue weighted by molar-refractivity contribution is -0.144. The molecular weight excluding hydrogens is 186 g/mol. The molecule has 1 rings (SSSR count). The Labute approximate surface area is 80.7 Å². The summed E-state index contributed by atoms with van der Waals surface area (Å²) >= 11 is 0. The summed E-state index contributed by atoms with van der Waals surface area (Å²) in [5, 5.41) is 2.36. The van der Waals surface area contributed by atoms with Crippen LogP contribution in [0.3, 0.4) is 0 Å². The van der Waals surface area contributed by atoms with E-state index in [4.69, 9.17) is 0 Å². The number of hydrogen-bond acceptors (Lipinski definition) is 4. The van der Waals surface area contributed by atoms with Gasteiger partial charge in [0, 0.05) is 12.6 Å². The normalized spacial score (nSPS) is 11.8. The van der Waals surface area contributed by atoms with Gasteiger partial charge >= 0.3 is 5.97 Å². The summed E-state index contributed by atoms with van der Waals surface area (Å²) in [6.45, 7) is 0. The first-order chi connectivity index (χ1) is 6.77. The number of imidazole rings is 1. The maximum atomic E-state index is 11.1. The summed E-state index contributed by atoms with van der Waals surface area (Å²) in [5.41, 5.74) is 0.690. The smallest absolute Gasteiger partial charge is 0.328 e. The molecule has 1 unspecified atom stereocenters. The number of ether oxygens (including phenoxy) is 1. The molecule has 0 aliphatic heterocycles. The lowest BCUT2D eigenvalue weighted by atomic mass is 10.2. The molecule has 0 radical (unpaired) electrons. The van der Waals surface area contributed by atoms with Gasteiger partial charge in [0.2, 0.25) is 6.41 Å². The summed E-state index contributed by atoms with van der Waals surface area (Å²) in [6.07, 6.45) is 3.94. The second kappa shape index (κ2) is 5.00. The Kier molecular flexibility index (Phi) is 3.66. The maximum Gasteiger partial charge on any atom is 0.328 e. The minimum absolute atomic E-state index is 0.314. The van der Waals surface area contributed by atoms with Crippen LogP contribution in [-0.4, -0.2) is 35.5 Å². The van der Waals surface area contributed by atoms with Crippen LogP contribution >= 0.6 is 0 Å². The second-order valence-corrected chi connectivity index (χ2v) is 2.62. The first-order valence-corrected chi connectivity index (χ1v) is 4.03. The minimum Gasteiger partial charge on any atom is -0.467 e. The summed E-state index contributed by atoms with van der Waals surface area (Å²) in [7, 11) is 1.27. The summed E-state index contributed by atoms with van der Waals surface area (Å²) < 4.78 is 4.52. The molecule has 0 fully saturated rings. The van der Waals surface area contributed by atoms with Crippen molar-refractivity contribution in [2.24, 2.45) is 0 Å². The fourth-order valence-electron chi connectivity index (χ4n) is 1.05. The van der Waals surface area contributed by atoms with Gasteiger partial charge in [-0.2, -0.15) is 0 Å². The van der Waals surface area contributed by atoms with Gasteiger partial charge in [0.1, 0.15) is 6.04 Å². The van der Waals surface area contributed by atoms with Crippen molar-refractivity contribution in [1.82, 2.24) is 15.3 Å². The Bertz CT molecular complexity index is 297. The predicted octanol–water partition coefficient (Wildman–Crippen LogP) is -0.760. The van der Waals surface area contributed by atoms with Gasteiger partial charge in [0.15, 0.2) is 0 Å². The number of hydrogen-bond donors (Lipinski definition) is 2. The SMILES string of the molecule is COC(=O)C(Cc1c[nH]cn1)NC=O. The highest BCUT2D eigenvalue weighted by atomic mass is 16.5. The molecule has 14 heavy (non-hydrogen) atoms. The summed E-state index contributed by atoms with van der Waals surface area (Å²) in [5.74, 6) is -0.486. The van der Waals surface area contributed by atoms with Gasteiger partial charge < -0.3 is 15.0 Å². The van der Waals surface area contributed by atoms with Crippen LogP contribution in [0.5, 0.6) is 0 Å². The maximum absolute atomic E-state index is 11.1. The fraction of sp³-hybridized carbons (Fsp3) is 0.375. The van der Waals surface area contributed by atoms with E-state index in [1.165, 1.54) is 13.4 Å². The van der Waals surface area contributed by atoms with Crippen LogP contribution in [0, 0.1) is 0 Å². The van der Waals surface area contributed by atoms with Crippen molar-refractivity contribution in [1.29, 1.82) is 0 Å². The number of H-pyrrole nitrogens is 1. The molecule has 0 spiro atoms. The predicted molar refractivity (Wildman–Crippen MR) is 47.3 cm³/mol. The molecule has 1 aromatic rings. The van der Waals surface area contributed by atoms with Crippen molar-refractivity contribution < 1.29 is 14.3 Å². The number of rotatable bonds is 5. The number of aromatic amines is 1. The Hall–Kier alpha value is -1.85. The van der Waals surface area contributed by atoms with Crippen molar-refractivity contribution in [3.05, 3.63) is 18.2 Å². The van der Waals surface area contributed by atoms with Crippen LogP contribution in [0.1, 0.15) is 5.69 Å². The molecule has 0 saturated heterocycles. The van der Waals surface area contributed by atoms with Crippen molar-refractivity contribution in [3.8, 4) is 0 Å². The molecule has 0 saturated carbocycles. The summed E-state index contributed by atoms with van der Waals surface area (Å²) in [4.78, 5) is 28.1. The van der Waals surface area contributed by atoms with E-state index < -0.39 is 12.0 Å². The van der Waals surface area contributed by atoms with Crippen LogP contribution in [0.25, 0.3) is 0 Å². The molecule has 2 N–H and O–H groups in total. The lowest BCUT2D eigenvalue weighted by Crippen LogP contribution is -2.38. The van der Waals surface area contributed by atoms with Crippen LogP contribution in [0.15, 0.2) is 12.5 Å². The number of nitrogens with one attached hydrogen (secondary N) is 2. The molecule has 1 heterocycles. The first-order valence-electron chi connectivity index (χ1n) is 4.03. The highest BCUT2D eigenvalue weighted by Crippen LogP contribution is 1.99. The average Bonchev–Trinajstić information content (AvgIpc) is 2.68. The zero-order valence-electron chi connectivity index (χ0n) is 7.69.